The normalized spacial score (nSPS) is 17.5. The average Bonchev–Trinajstić information content (AvgIpc) is 2.70. The molecule has 0 spiro atoms. The predicted molar refractivity (Wildman–Crippen MR) is 70.3 cm³/mol. The molecule has 1 aliphatic rings. The van der Waals surface area contributed by atoms with E-state index >= 15 is 0 Å². The van der Waals surface area contributed by atoms with Crippen molar-refractivity contribution in [1.82, 2.24) is 15.3 Å². The van der Waals surface area contributed by atoms with Crippen LogP contribution in [0.3, 0.4) is 0 Å². The Kier molecular flexibility index (Phi) is 2.73. The smallest absolute Gasteiger partial charge is 0.104 e. The lowest BCUT2D eigenvalue weighted by Crippen LogP contribution is -2.35. The number of nitrogens with one attached hydrogen (secondary N) is 3. The van der Waals surface area contributed by atoms with Gasteiger partial charge in [-0.2, -0.15) is 0 Å². The molecule has 0 amide bonds. The van der Waals surface area contributed by atoms with E-state index in [0.717, 1.165) is 29.9 Å². The number of H-pyrrole nitrogens is 1. The summed E-state index contributed by atoms with van der Waals surface area (Å²) in [4.78, 5) is 7.68. The lowest BCUT2D eigenvalue weighted by Gasteiger charge is -2.24. The first-order valence-electron chi connectivity index (χ1n) is 6.25. The molecule has 2 aromatic rings. The summed E-state index contributed by atoms with van der Waals surface area (Å²) in [5.41, 5.74) is 3.34. The molecule has 1 aliphatic heterocycles. The van der Waals surface area contributed by atoms with Crippen LogP contribution in [0.1, 0.15) is 18.7 Å². The number of imidazole rings is 1. The van der Waals surface area contributed by atoms with E-state index in [1.807, 2.05) is 6.92 Å². The van der Waals surface area contributed by atoms with Crippen molar-refractivity contribution in [3.05, 3.63) is 24.0 Å². The maximum atomic E-state index is 4.41. The van der Waals surface area contributed by atoms with Crippen LogP contribution in [0.2, 0.25) is 0 Å². The number of fused-ring (bicyclic) bond motifs is 1. The van der Waals surface area contributed by atoms with E-state index in [-0.39, 0.29) is 0 Å². The van der Waals surface area contributed by atoms with Gasteiger partial charge in [0.05, 0.1) is 11.0 Å². The Balaban J connectivity index is 1.79. The molecule has 4 nitrogen and oxygen atoms in total. The zero-order chi connectivity index (χ0) is 11.7. The molecule has 0 atom stereocenters. The van der Waals surface area contributed by atoms with E-state index in [1.54, 1.807) is 0 Å². The largest absolute Gasteiger partial charge is 0.382 e. The van der Waals surface area contributed by atoms with Gasteiger partial charge in [0, 0.05) is 11.7 Å². The predicted octanol–water partition coefficient (Wildman–Crippen LogP) is 2.04. The number of hydrogen-bond acceptors (Lipinski definition) is 3. The van der Waals surface area contributed by atoms with E-state index in [9.17, 15) is 0 Å². The number of benzene rings is 1. The molecule has 2 heterocycles. The number of rotatable bonds is 2. The number of piperidine rings is 1. The summed E-state index contributed by atoms with van der Waals surface area (Å²) in [5.74, 6) is 0.971. The van der Waals surface area contributed by atoms with E-state index in [2.05, 4.69) is 38.8 Å². The van der Waals surface area contributed by atoms with Crippen LogP contribution in [0.25, 0.3) is 11.0 Å². The maximum absolute atomic E-state index is 4.41. The molecule has 17 heavy (non-hydrogen) atoms. The van der Waals surface area contributed by atoms with Gasteiger partial charge in [0.1, 0.15) is 5.82 Å². The van der Waals surface area contributed by atoms with E-state index in [0.29, 0.717) is 6.04 Å². The van der Waals surface area contributed by atoms with Crippen molar-refractivity contribution in [1.29, 1.82) is 0 Å². The van der Waals surface area contributed by atoms with Crippen LogP contribution in [0.5, 0.6) is 0 Å². The van der Waals surface area contributed by atoms with Crippen molar-refractivity contribution in [3.63, 3.8) is 0 Å². The Morgan fingerprint density at radius 3 is 2.94 bits per heavy atom. The number of aryl methyl sites for hydroxylation is 1. The fourth-order valence-corrected chi connectivity index (χ4v) is 2.43. The van der Waals surface area contributed by atoms with Gasteiger partial charge in [-0.1, -0.05) is 0 Å². The molecule has 1 saturated heterocycles. The molecule has 3 N–H and O–H groups in total. The van der Waals surface area contributed by atoms with Gasteiger partial charge in [-0.05, 0) is 51.1 Å². The molecule has 0 unspecified atom stereocenters. The average molecular weight is 230 g/mol. The molecular formula is C13H18N4. The molecule has 0 radical (unpaired) electrons. The molecule has 3 rings (SSSR count). The first-order valence-corrected chi connectivity index (χ1v) is 6.25. The van der Waals surface area contributed by atoms with Crippen molar-refractivity contribution in [3.8, 4) is 0 Å². The number of hydrogen-bond donors (Lipinski definition) is 3. The Bertz CT molecular complexity index is 511. The van der Waals surface area contributed by atoms with Crippen LogP contribution >= 0.6 is 0 Å². The van der Waals surface area contributed by atoms with Crippen LogP contribution in [0.15, 0.2) is 18.2 Å². The Labute approximate surface area is 101 Å². The molecule has 1 fully saturated rings. The van der Waals surface area contributed by atoms with Gasteiger partial charge in [-0.25, -0.2) is 4.98 Å². The number of aromatic nitrogens is 2. The third-order valence-corrected chi connectivity index (χ3v) is 3.31. The number of anilines is 1. The van der Waals surface area contributed by atoms with Gasteiger partial charge in [0.2, 0.25) is 0 Å². The Hall–Kier alpha value is -1.55. The molecule has 0 bridgehead atoms. The Morgan fingerprint density at radius 2 is 2.12 bits per heavy atom. The van der Waals surface area contributed by atoms with Gasteiger partial charge >= 0.3 is 0 Å². The first kappa shape index (κ1) is 10.6. The first-order chi connectivity index (χ1) is 8.31. The minimum Gasteiger partial charge on any atom is -0.382 e. The topological polar surface area (TPSA) is 52.7 Å². The van der Waals surface area contributed by atoms with Crippen LogP contribution < -0.4 is 10.6 Å². The van der Waals surface area contributed by atoms with Crippen molar-refractivity contribution in [2.24, 2.45) is 0 Å². The summed E-state index contributed by atoms with van der Waals surface area (Å²) in [6.07, 6.45) is 2.39. The highest BCUT2D eigenvalue weighted by Crippen LogP contribution is 2.19. The molecule has 1 aromatic heterocycles. The quantitative estimate of drug-likeness (QED) is 0.740. The number of aromatic amines is 1. The van der Waals surface area contributed by atoms with Crippen molar-refractivity contribution in [2.45, 2.75) is 25.8 Å². The zero-order valence-electron chi connectivity index (χ0n) is 10.1. The maximum Gasteiger partial charge on any atom is 0.104 e. The highest BCUT2D eigenvalue weighted by Gasteiger charge is 2.12. The fourth-order valence-electron chi connectivity index (χ4n) is 2.43. The molecule has 4 heteroatoms. The summed E-state index contributed by atoms with van der Waals surface area (Å²) >= 11 is 0. The van der Waals surface area contributed by atoms with Gasteiger partial charge < -0.3 is 15.6 Å². The lowest BCUT2D eigenvalue weighted by atomic mass is 10.1. The minimum absolute atomic E-state index is 0.595. The van der Waals surface area contributed by atoms with Gasteiger partial charge in [0.25, 0.3) is 0 Å². The van der Waals surface area contributed by atoms with Gasteiger partial charge in [-0.3, -0.25) is 0 Å². The second kappa shape index (κ2) is 4.37. The molecule has 90 valence electrons. The summed E-state index contributed by atoms with van der Waals surface area (Å²) in [6, 6.07) is 6.93. The Morgan fingerprint density at radius 1 is 1.29 bits per heavy atom. The highest BCUT2D eigenvalue weighted by atomic mass is 15.0. The lowest BCUT2D eigenvalue weighted by molar-refractivity contribution is 0.479. The van der Waals surface area contributed by atoms with Crippen LogP contribution in [0.4, 0.5) is 5.69 Å². The van der Waals surface area contributed by atoms with Crippen molar-refractivity contribution < 1.29 is 0 Å². The molecule has 0 saturated carbocycles. The van der Waals surface area contributed by atoms with Crippen LogP contribution in [-0.2, 0) is 0 Å². The molecule has 0 aliphatic carbocycles. The van der Waals surface area contributed by atoms with Gasteiger partial charge in [-0.15, -0.1) is 0 Å². The van der Waals surface area contributed by atoms with E-state index < -0.39 is 0 Å². The summed E-state index contributed by atoms with van der Waals surface area (Å²) < 4.78 is 0. The van der Waals surface area contributed by atoms with Crippen LogP contribution in [0, 0.1) is 6.92 Å². The second-order valence-electron chi connectivity index (χ2n) is 4.72. The van der Waals surface area contributed by atoms with E-state index in [4.69, 9.17) is 0 Å². The summed E-state index contributed by atoms with van der Waals surface area (Å²) in [5, 5.41) is 6.97. The SMILES string of the molecule is Cc1nc2ccc(NC3CCNCC3)cc2[nH]1. The molecule has 1 aromatic carbocycles. The van der Waals surface area contributed by atoms with Gasteiger partial charge in [0.15, 0.2) is 0 Å². The minimum atomic E-state index is 0.595. The van der Waals surface area contributed by atoms with E-state index in [1.165, 1.54) is 18.5 Å². The standard InChI is InChI=1S/C13H18N4/c1-9-15-12-3-2-11(8-13(12)16-9)17-10-4-6-14-7-5-10/h2-3,8,10,14,17H,4-7H2,1H3,(H,15,16). The van der Waals surface area contributed by atoms with Crippen LogP contribution in [-0.4, -0.2) is 29.1 Å². The second-order valence-corrected chi connectivity index (χ2v) is 4.72. The zero-order valence-corrected chi connectivity index (χ0v) is 10.1. The van der Waals surface area contributed by atoms with Crippen molar-refractivity contribution >= 4 is 16.7 Å². The third-order valence-electron chi connectivity index (χ3n) is 3.31. The molecular weight excluding hydrogens is 212 g/mol. The number of nitrogens with zero attached hydrogens (tertiary/aromatic N) is 1. The fraction of sp³-hybridized carbons (Fsp3) is 0.462. The summed E-state index contributed by atoms with van der Waals surface area (Å²) in [6.45, 7) is 4.21. The third kappa shape index (κ3) is 2.26. The monoisotopic (exact) mass is 230 g/mol. The van der Waals surface area contributed by atoms with Crippen molar-refractivity contribution in [2.75, 3.05) is 18.4 Å². The summed E-state index contributed by atoms with van der Waals surface area (Å²) in [7, 11) is 0. The highest BCUT2D eigenvalue weighted by molar-refractivity contribution is 5.79.